The fourth-order valence-electron chi connectivity index (χ4n) is 8.77. The average Bonchev–Trinajstić information content (AvgIpc) is 3.45. The van der Waals surface area contributed by atoms with E-state index in [0.717, 1.165) is 128 Å². The second-order valence-electron chi connectivity index (χ2n) is 21.3. The lowest BCUT2D eigenvalue weighted by atomic mass is 10.0. The van der Waals surface area contributed by atoms with E-state index in [2.05, 4.69) is 154 Å². The van der Waals surface area contributed by atoms with Crippen molar-refractivity contribution < 1.29 is 28.6 Å². The van der Waals surface area contributed by atoms with Crippen LogP contribution in [0.25, 0.3) is 0 Å². The molecule has 0 aliphatic rings. The Hall–Kier alpha value is -4.45. The molecule has 0 amide bonds. The Morgan fingerprint density at radius 3 is 0.835 bits per heavy atom. The lowest BCUT2D eigenvalue weighted by molar-refractivity contribution is -0.167. The number of hydrogen-bond donors (Lipinski definition) is 0. The highest BCUT2D eigenvalue weighted by Crippen LogP contribution is 2.16. The van der Waals surface area contributed by atoms with Gasteiger partial charge < -0.3 is 14.2 Å². The number of esters is 3. The van der Waals surface area contributed by atoms with Gasteiger partial charge >= 0.3 is 17.9 Å². The van der Waals surface area contributed by atoms with Crippen LogP contribution in [0.3, 0.4) is 0 Å². The highest BCUT2D eigenvalue weighted by Gasteiger charge is 2.19. The van der Waals surface area contributed by atoms with Crippen LogP contribution in [0.4, 0.5) is 0 Å². The Kier molecular flexibility index (Phi) is 62.3. The minimum absolute atomic E-state index is 0.103. The van der Waals surface area contributed by atoms with Crippen LogP contribution >= 0.6 is 0 Å². The highest BCUT2D eigenvalue weighted by atomic mass is 16.6. The number of ether oxygens (including phenoxy) is 3. The molecule has 1 atom stereocenters. The van der Waals surface area contributed by atoms with E-state index in [0.29, 0.717) is 19.3 Å². The molecular weight excluding hydrogens is 973 g/mol. The van der Waals surface area contributed by atoms with E-state index in [4.69, 9.17) is 14.2 Å². The molecular formula is C73H120O6. The van der Waals surface area contributed by atoms with Crippen molar-refractivity contribution in [2.24, 2.45) is 0 Å². The van der Waals surface area contributed by atoms with Gasteiger partial charge in [-0.25, -0.2) is 0 Å². The second kappa shape index (κ2) is 66.1. The normalized spacial score (nSPS) is 13.0. The number of allylic oxidation sites excluding steroid dienone is 22. The first-order valence-electron chi connectivity index (χ1n) is 32.7. The first-order valence-corrected chi connectivity index (χ1v) is 32.7. The zero-order valence-electron chi connectivity index (χ0n) is 51.3. The molecule has 0 rings (SSSR count). The molecule has 0 saturated carbocycles. The SMILES string of the molecule is CC/C=C\C/C=C\C/C=C\C/C=C\C/C=C\C/C=C\C/C=C\C/C=C\C/C=C\CCCC(=O)OCC(COC(=O)CCCCCCCCCCCCCCCCCC)OC(=O)CCCCCCC/C=C\C/C=C\CCCCCC. The van der Waals surface area contributed by atoms with Crippen molar-refractivity contribution >= 4 is 17.9 Å². The Bertz CT molecular complexity index is 1680. The van der Waals surface area contributed by atoms with Crippen molar-refractivity contribution in [1.29, 1.82) is 0 Å². The molecule has 0 fully saturated rings. The van der Waals surface area contributed by atoms with Gasteiger partial charge in [0.2, 0.25) is 0 Å². The van der Waals surface area contributed by atoms with Crippen LogP contribution in [0.5, 0.6) is 0 Å². The monoisotopic (exact) mass is 1090 g/mol. The van der Waals surface area contributed by atoms with Gasteiger partial charge in [0.05, 0.1) is 0 Å². The number of carbonyl (C=O) groups excluding carboxylic acids is 3. The molecule has 0 saturated heterocycles. The van der Waals surface area contributed by atoms with Crippen LogP contribution < -0.4 is 0 Å². The summed E-state index contributed by atoms with van der Waals surface area (Å²) in [4.78, 5) is 38.3. The van der Waals surface area contributed by atoms with E-state index >= 15 is 0 Å². The van der Waals surface area contributed by atoms with Crippen LogP contribution in [-0.2, 0) is 28.6 Å². The lowest BCUT2D eigenvalue weighted by Crippen LogP contribution is -2.30. The molecule has 0 aromatic carbocycles. The molecule has 6 nitrogen and oxygen atoms in total. The minimum atomic E-state index is -0.813. The van der Waals surface area contributed by atoms with Crippen molar-refractivity contribution in [2.45, 2.75) is 297 Å². The minimum Gasteiger partial charge on any atom is -0.462 e. The van der Waals surface area contributed by atoms with Gasteiger partial charge in [-0.05, 0) is 116 Å². The molecule has 0 radical (unpaired) electrons. The molecule has 0 aromatic heterocycles. The number of rotatable bonds is 58. The van der Waals surface area contributed by atoms with Gasteiger partial charge in [-0.3, -0.25) is 14.4 Å². The summed E-state index contributed by atoms with van der Waals surface area (Å²) in [6.45, 7) is 6.47. The topological polar surface area (TPSA) is 78.9 Å². The third kappa shape index (κ3) is 64.3. The summed E-state index contributed by atoms with van der Waals surface area (Å²) in [7, 11) is 0. The van der Waals surface area contributed by atoms with E-state index in [-0.39, 0.29) is 37.5 Å². The number of hydrogen-bond acceptors (Lipinski definition) is 6. The molecule has 0 aliphatic carbocycles. The summed E-state index contributed by atoms with van der Waals surface area (Å²) in [5, 5.41) is 0. The fourth-order valence-corrected chi connectivity index (χ4v) is 8.77. The first kappa shape index (κ1) is 74.5. The molecule has 0 heterocycles. The predicted octanol–water partition coefficient (Wildman–Crippen LogP) is 22.5. The molecule has 0 N–H and O–H groups in total. The van der Waals surface area contributed by atoms with Gasteiger partial charge in [-0.15, -0.1) is 0 Å². The van der Waals surface area contributed by atoms with E-state index in [9.17, 15) is 14.4 Å². The molecule has 448 valence electrons. The van der Waals surface area contributed by atoms with Gasteiger partial charge in [0, 0.05) is 19.3 Å². The summed E-state index contributed by atoms with van der Waals surface area (Å²) in [5.41, 5.74) is 0. The summed E-state index contributed by atoms with van der Waals surface area (Å²) in [5.74, 6) is -0.974. The smallest absolute Gasteiger partial charge is 0.306 e. The molecule has 0 aromatic rings. The maximum atomic E-state index is 12.9. The maximum absolute atomic E-state index is 12.9. The lowest BCUT2D eigenvalue weighted by Gasteiger charge is -2.18. The van der Waals surface area contributed by atoms with E-state index < -0.39 is 6.10 Å². The molecule has 0 spiro atoms. The standard InChI is InChI=1S/C73H120O6/c1-4-7-10-13-16-19-22-25-28-31-32-33-34-35-36-37-38-39-40-41-42-43-46-48-51-54-57-60-63-66-72(75)78-69-70(79-73(76)67-64-61-58-55-52-49-45-30-27-24-21-18-15-12-9-6-3)68-77-71(74)65-62-59-56-53-50-47-44-29-26-23-20-17-14-11-8-5-2/h7,10,16,19,21,24-25,28,30,32-33,35-36,38-39,41-42,45-46,48,54,57,70H,4-6,8-9,11-15,17-18,20,22-23,26-27,29,31,34,37,40,43-44,47,49-53,55-56,58-69H2,1-3H3/b10-7-,19-16-,24-21-,28-25-,33-32-,36-35-,39-38-,42-41-,45-30-,48-46-,57-54-. The first-order chi connectivity index (χ1) is 39.0. The van der Waals surface area contributed by atoms with E-state index in [1.54, 1.807) is 0 Å². The van der Waals surface area contributed by atoms with Gasteiger partial charge in [-0.2, -0.15) is 0 Å². The summed E-state index contributed by atoms with van der Waals surface area (Å²) in [6, 6.07) is 0. The molecule has 0 aliphatic heterocycles. The fraction of sp³-hybridized carbons (Fsp3) is 0.658. The van der Waals surface area contributed by atoms with Gasteiger partial charge in [0.15, 0.2) is 6.10 Å². The van der Waals surface area contributed by atoms with Crippen LogP contribution in [0.2, 0.25) is 0 Å². The number of unbranched alkanes of at least 4 members (excludes halogenated alkanes) is 25. The molecule has 79 heavy (non-hydrogen) atoms. The molecule has 0 bridgehead atoms. The van der Waals surface area contributed by atoms with E-state index in [1.807, 2.05) is 0 Å². The van der Waals surface area contributed by atoms with Crippen LogP contribution in [0.1, 0.15) is 290 Å². The van der Waals surface area contributed by atoms with Crippen molar-refractivity contribution in [3.05, 3.63) is 134 Å². The van der Waals surface area contributed by atoms with Crippen molar-refractivity contribution in [1.82, 2.24) is 0 Å². The quantitative estimate of drug-likeness (QED) is 0.0261. The largest absolute Gasteiger partial charge is 0.462 e. The summed E-state index contributed by atoms with van der Waals surface area (Å²) < 4.78 is 16.9. The van der Waals surface area contributed by atoms with Crippen molar-refractivity contribution in [3.63, 3.8) is 0 Å². The second-order valence-corrected chi connectivity index (χ2v) is 21.3. The van der Waals surface area contributed by atoms with E-state index in [1.165, 1.54) is 116 Å². The third-order valence-corrected chi connectivity index (χ3v) is 13.6. The average molecular weight is 1090 g/mol. The number of carbonyl (C=O) groups is 3. The summed E-state index contributed by atoms with van der Waals surface area (Å²) >= 11 is 0. The zero-order valence-corrected chi connectivity index (χ0v) is 51.3. The Morgan fingerprint density at radius 2 is 0.506 bits per heavy atom. The Balaban J connectivity index is 4.46. The van der Waals surface area contributed by atoms with Crippen LogP contribution in [-0.4, -0.2) is 37.2 Å². The molecule has 6 heteroatoms. The maximum Gasteiger partial charge on any atom is 0.306 e. The highest BCUT2D eigenvalue weighted by molar-refractivity contribution is 5.71. The van der Waals surface area contributed by atoms with Crippen LogP contribution in [0, 0.1) is 0 Å². The van der Waals surface area contributed by atoms with Gasteiger partial charge in [0.1, 0.15) is 13.2 Å². The van der Waals surface area contributed by atoms with Crippen LogP contribution in [0.15, 0.2) is 134 Å². The van der Waals surface area contributed by atoms with Gasteiger partial charge in [0.25, 0.3) is 0 Å². The third-order valence-electron chi connectivity index (χ3n) is 13.6. The Morgan fingerprint density at radius 1 is 0.266 bits per heavy atom. The van der Waals surface area contributed by atoms with Gasteiger partial charge in [-0.1, -0.05) is 289 Å². The van der Waals surface area contributed by atoms with Crippen molar-refractivity contribution in [2.75, 3.05) is 13.2 Å². The molecule has 1 unspecified atom stereocenters. The predicted molar refractivity (Wildman–Crippen MR) is 343 cm³/mol. The van der Waals surface area contributed by atoms with Crippen molar-refractivity contribution in [3.8, 4) is 0 Å². The Labute approximate surface area is 487 Å². The zero-order chi connectivity index (χ0) is 57.1. The summed E-state index contributed by atoms with van der Waals surface area (Å²) in [6.07, 6.45) is 93.2.